The SMILES string of the molecule is C[C@@H]1CNCC[S@]1=O. The number of rotatable bonds is 0. The highest BCUT2D eigenvalue weighted by atomic mass is 32.2. The molecule has 1 heterocycles. The summed E-state index contributed by atoms with van der Waals surface area (Å²) in [4.78, 5) is 0. The van der Waals surface area contributed by atoms with E-state index in [0.29, 0.717) is 5.25 Å². The van der Waals surface area contributed by atoms with Crippen LogP contribution >= 0.6 is 0 Å². The maximum atomic E-state index is 10.9. The van der Waals surface area contributed by atoms with Crippen LogP contribution < -0.4 is 5.32 Å². The molecule has 1 aliphatic rings. The minimum Gasteiger partial charge on any atom is -0.315 e. The Hall–Kier alpha value is 0.110. The molecule has 0 aromatic carbocycles. The molecular weight excluding hydrogens is 122 g/mol. The van der Waals surface area contributed by atoms with Crippen LogP contribution in [-0.4, -0.2) is 28.3 Å². The molecule has 0 saturated carbocycles. The molecule has 0 aromatic heterocycles. The zero-order chi connectivity index (χ0) is 5.98. The highest BCUT2D eigenvalue weighted by Crippen LogP contribution is 1.97. The summed E-state index contributed by atoms with van der Waals surface area (Å²) in [5.74, 6) is 0.834. The van der Waals surface area contributed by atoms with Gasteiger partial charge in [-0.1, -0.05) is 0 Å². The van der Waals surface area contributed by atoms with Gasteiger partial charge in [0.15, 0.2) is 0 Å². The Morgan fingerprint density at radius 2 is 2.50 bits per heavy atom. The lowest BCUT2D eigenvalue weighted by Crippen LogP contribution is -2.38. The van der Waals surface area contributed by atoms with E-state index in [4.69, 9.17) is 0 Å². The number of hydrogen-bond donors (Lipinski definition) is 1. The minimum atomic E-state index is -0.547. The molecule has 1 N–H and O–H groups in total. The molecular formula is C5H11NOS. The standard InChI is InChI=1S/C5H11NOS/c1-5-4-6-2-3-8(5)7/h5-6H,2-4H2,1H3/t5-,8-/m1/s1. The molecule has 2 nitrogen and oxygen atoms in total. The van der Waals surface area contributed by atoms with Gasteiger partial charge in [-0.2, -0.15) is 0 Å². The van der Waals surface area contributed by atoms with Crippen LogP contribution in [0.25, 0.3) is 0 Å². The largest absolute Gasteiger partial charge is 0.315 e. The maximum absolute atomic E-state index is 10.9. The fourth-order valence-electron chi connectivity index (χ4n) is 0.772. The second-order valence-electron chi connectivity index (χ2n) is 2.10. The highest BCUT2D eigenvalue weighted by Gasteiger charge is 2.13. The summed E-state index contributed by atoms with van der Waals surface area (Å²) >= 11 is 0. The van der Waals surface area contributed by atoms with Crippen molar-refractivity contribution in [1.29, 1.82) is 0 Å². The van der Waals surface area contributed by atoms with Gasteiger partial charge in [0.2, 0.25) is 0 Å². The molecule has 1 fully saturated rings. The van der Waals surface area contributed by atoms with Crippen LogP contribution in [-0.2, 0) is 10.8 Å². The van der Waals surface area contributed by atoms with E-state index in [2.05, 4.69) is 5.32 Å². The summed E-state index contributed by atoms with van der Waals surface area (Å²) in [6.07, 6.45) is 0. The highest BCUT2D eigenvalue weighted by molar-refractivity contribution is 7.85. The molecule has 0 spiro atoms. The third kappa shape index (κ3) is 1.29. The van der Waals surface area contributed by atoms with Crippen molar-refractivity contribution >= 4 is 10.8 Å². The van der Waals surface area contributed by atoms with Gasteiger partial charge in [-0.15, -0.1) is 0 Å². The third-order valence-electron chi connectivity index (χ3n) is 1.36. The number of nitrogens with one attached hydrogen (secondary N) is 1. The maximum Gasteiger partial charge on any atom is 0.0444 e. The van der Waals surface area contributed by atoms with Crippen LogP contribution in [0.1, 0.15) is 6.92 Å². The summed E-state index contributed by atoms with van der Waals surface area (Å²) in [5, 5.41) is 3.54. The van der Waals surface area contributed by atoms with Crippen LogP contribution in [0.4, 0.5) is 0 Å². The van der Waals surface area contributed by atoms with Crippen LogP contribution in [0, 0.1) is 0 Å². The van der Waals surface area contributed by atoms with Crippen LogP contribution in [0.5, 0.6) is 0 Å². The van der Waals surface area contributed by atoms with E-state index in [9.17, 15) is 4.21 Å². The molecule has 1 rings (SSSR count). The van der Waals surface area contributed by atoms with Crippen molar-refractivity contribution in [3.8, 4) is 0 Å². The normalized spacial score (nSPS) is 39.6. The summed E-state index contributed by atoms with van der Waals surface area (Å²) in [6.45, 7) is 3.87. The van der Waals surface area contributed by atoms with Gasteiger partial charge in [-0.3, -0.25) is 4.21 Å². The zero-order valence-corrected chi connectivity index (χ0v) is 5.83. The van der Waals surface area contributed by atoms with Crippen LogP contribution in [0.15, 0.2) is 0 Å². The molecule has 0 amide bonds. The van der Waals surface area contributed by atoms with Gasteiger partial charge in [0.05, 0.1) is 0 Å². The number of hydrogen-bond acceptors (Lipinski definition) is 2. The lowest BCUT2D eigenvalue weighted by molar-refractivity contribution is 0.628. The molecule has 48 valence electrons. The molecule has 3 heteroatoms. The van der Waals surface area contributed by atoms with Crippen molar-refractivity contribution in [3.63, 3.8) is 0 Å². The summed E-state index contributed by atoms with van der Waals surface area (Å²) in [5.41, 5.74) is 0. The Labute approximate surface area is 52.1 Å². The Bertz CT molecular complexity index is 105. The predicted octanol–water partition coefficient (Wildman–Crippen LogP) is -0.273. The van der Waals surface area contributed by atoms with Gasteiger partial charge >= 0.3 is 0 Å². The average molecular weight is 133 g/mol. The van der Waals surface area contributed by atoms with Gasteiger partial charge in [0, 0.05) is 34.9 Å². The van der Waals surface area contributed by atoms with Crippen molar-refractivity contribution in [3.05, 3.63) is 0 Å². The fourth-order valence-corrected chi connectivity index (χ4v) is 1.82. The average Bonchev–Trinajstić information content (AvgIpc) is 1.77. The fraction of sp³-hybridized carbons (Fsp3) is 1.00. The molecule has 0 unspecified atom stereocenters. The van der Waals surface area contributed by atoms with Crippen molar-refractivity contribution in [2.75, 3.05) is 18.8 Å². The van der Waals surface area contributed by atoms with Crippen molar-refractivity contribution < 1.29 is 4.21 Å². The molecule has 0 aliphatic carbocycles. The third-order valence-corrected chi connectivity index (χ3v) is 3.03. The Kier molecular flexibility index (Phi) is 2.02. The van der Waals surface area contributed by atoms with E-state index < -0.39 is 10.8 Å². The lowest BCUT2D eigenvalue weighted by Gasteiger charge is -2.17. The molecule has 1 aliphatic heterocycles. The van der Waals surface area contributed by atoms with Gasteiger partial charge in [-0.25, -0.2) is 0 Å². The van der Waals surface area contributed by atoms with Gasteiger partial charge in [0.1, 0.15) is 0 Å². The first-order valence-corrected chi connectivity index (χ1v) is 4.27. The first-order valence-electron chi connectivity index (χ1n) is 2.88. The molecule has 0 radical (unpaired) electrons. The first-order chi connectivity index (χ1) is 3.80. The van der Waals surface area contributed by atoms with E-state index in [1.54, 1.807) is 0 Å². The van der Waals surface area contributed by atoms with Crippen molar-refractivity contribution in [2.24, 2.45) is 0 Å². The van der Waals surface area contributed by atoms with E-state index in [1.165, 1.54) is 0 Å². The Balaban J connectivity index is 2.39. The Morgan fingerprint density at radius 3 is 2.88 bits per heavy atom. The smallest absolute Gasteiger partial charge is 0.0444 e. The van der Waals surface area contributed by atoms with Gasteiger partial charge in [0.25, 0.3) is 0 Å². The molecule has 8 heavy (non-hydrogen) atoms. The van der Waals surface area contributed by atoms with E-state index in [-0.39, 0.29) is 0 Å². The zero-order valence-electron chi connectivity index (χ0n) is 5.02. The topological polar surface area (TPSA) is 29.1 Å². The Morgan fingerprint density at radius 1 is 1.75 bits per heavy atom. The second-order valence-corrected chi connectivity index (χ2v) is 4.07. The molecule has 1 saturated heterocycles. The minimum absolute atomic E-state index is 0.365. The summed E-state index contributed by atoms with van der Waals surface area (Å²) < 4.78 is 10.9. The molecule has 0 bridgehead atoms. The first kappa shape index (κ1) is 6.23. The van der Waals surface area contributed by atoms with Crippen molar-refractivity contribution in [2.45, 2.75) is 12.2 Å². The lowest BCUT2D eigenvalue weighted by atomic mass is 10.4. The molecule has 0 aromatic rings. The predicted molar refractivity (Wildman–Crippen MR) is 35.3 cm³/mol. The van der Waals surface area contributed by atoms with Crippen molar-refractivity contribution in [1.82, 2.24) is 5.32 Å². The quantitative estimate of drug-likeness (QED) is 0.493. The second kappa shape index (κ2) is 2.60. The van der Waals surface area contributed by atoms with Gasteiger partial charge in [-0.05, 0) is 6.92 Å². The van der Waals surface area contributed by atoms with E-state index in [0.717, 1.165) is 18.8 Å². The van der Waals surface area contributed by atoms with Gasteiger partial charge < -0.3 is 5.32 Å². The summed E-state index contributed by atoms with van der Waals surface area (Å²) in [7, 11) is -0.547. The van der Waals surface area contributed by atoms with Crippen LogP contribution in [0.3, 0.4) is 0 Å². The monoisotopic (exact) mass is 133 g/mol. The molecule has 2 atom stereocenters. The van der Waals surface area contributed by atoms with E-state index >= 15 is 0 Å². The van der Waals surface area contributed by atoms with E-state index in [1.807, 2.05) is 6.92 Å². The van der Waals surface area contributed by atoms with Crippen LogP contribution in [0.2, 0.25) is 0 Å². The summed E-state index contributed by atoms with van der Waals surface area (Å²) in [6, 6.07) is 0.